The molecule has 0 amide bonds. The van der Waals surface area contributed by atoms with Gasteiger partial charge in [-0.25, -0.2) is 9.69 Å². The summed E-state index contributed by atoms with van der Waals surface area (Å²) in [5.74, 6) is 0. The number of rotatable bonds is 3. The van der Waals surface area contributed by atoms with Crippen molar-refractivity contribution in [2.45, 2.75) is 12.7 Å². The van der Waals surface area contributed by atoms with Gasteiger partial charge in [0.25, 0.3) is 5.56 Å². The predicted octanol–water partition coefficient (Wildman–Crippen LogP) is 1.35. The minimum atomic E-state index is -4.52. The van der Waals surface area contributed by atoms with E-state index in [9.17, 15) is 18.0 Å². The molecule has 9 heteroatoms. The summed E-state index contributed by atoms with van der Waals surface area (Å²) in [6, 6.07) is 0. The molecule has 1 aromatic heterocycles. The summed E-state index contributed by atoms with van der Waals surface area (Å²) < 4.78 is 36.6. The molecule has 1 aromatic rings. The summed E-state index contributed by atoms with van der Waals surface area (Å²) in [7, 11) is 3.27. The van der Waals surface area contributed by atoms with Crippen LogP contribution in [0.2, 0.25) is 5.02 Å². The van der Waals surface area contributed by atoms with E-state index < -0.39 is 18.3 Å². The molecule has 1 heterocycles. The topological polar surface area (TPSA) is 50.2 Å². The minimum absolute atomic E-state index is 0.153. The Balaban J connectivity index is 3.07. The number of alkyl halides is 3. The van der Waals surface area contributed by atoms with Crippen molar-refractivity contribution in [1.29, 1.82) is 0 Å². The Kier molecular flexibility index (Phi) is 3.99. The van der Waals surface area contributed by atoms with Crippen LogP contribution < -0.4 is 11.0 Å². The second-order valence-electron chi connectivity index (χ2n) is 3.46. The van der Waals surface area contributed by atoms with Gasteiger partial charge in [-0.15, -0.1) is 0 Å². The third kappa shape index (κ3) is 3.90. The van der Waals surface area contributed by atoms with E-state index in [1.165, 1.54) is 5.01 Å². The maximum absolute atomic E-state index is 12.1. The Hall–Kier alpha value is -1.28. The summed E-state index contributed by atoms with van der Waals surface area (Å²) >= 11 is 5.64. The molecule has 17 heavy (non-hydrogen) atoms. The molecular weight excluding hydrogens is 261 g/mol. The van der Waals surface area contributed by atoms with Crippen molar-refractivity contribution in [3.05, 3.63) is 21.6 Å². The summed E-state index contributed by atoms with van der Waals surface area (Å²) in [6.45, 7) is -1.46. The van der Waals surface area contributed by atoms with Gasteiger partial charge in [0.2, 0.25) is 0 Å². The van der Waals surface area contributed by atoms with Gasteiger partial charge in [-0.2, -0.15) is 18.3 Å². The Labute approximate surface area is 99.8 Å². The molecule has 0 aliphatic heterocycles. The SMILES string of the molecule is CN(C)Nc1cnn(CC(F)(F)F)c(=O)c1Cl. The van der Waals surface area contributed by atoms with E-state index in [0.29, 0.717) is 0 Å². The molecule has 0 fully saturated rings. The Morgan fingerprint density at radius 2 is 2.12 bits per heavy atom. The van der Waals surface area contributed by atoms with Gasteiger partial charge < -0.3 is 5.43 Å². The fourth-order valence-electron chi connectivity index (χ4n) is 1.07. The first-order valence-electron chi connectivity index (χ1n) is 4.47. The lowest BCUT2D eigenvalue weighted by Crippen LogP contribution is -2.31. The Morgan fingerprint density at radius 1 is 1.53 bits per heavy atom. The zero-order valence-corrected chi connectivity index (χ0v) is 9.80. The van der Waals surface area contributed by atoms with Crippen molar-refractivity contribution >= 4 is 17.3 Å². The number of hydrazine groups is 1. The highest BCUT2D eigenvalue weighted by molar-refractivity contribution is 6.32. The van der Waals surface area contributed by atoms with Crippen molar-refractivity contribution < 1.29 is 13.2 Å². The maximum Gasteiger partial charge on any atom is 0.408 e. The lowest BCUT2D eigenvalue weighted by atomic mass is 10.4. The van der Waals surface area contributed by atoms with Crippen LogP contribution in [0.25, 0.3) is 0 Å². The molecule has 0 aromatic carbocycles. The van der Waals surface area contributed by atoms with Gasteiger partial charge in [-0.05, 0) is 0 Å². The number of hydrogen-bond donors (Lipinski definition) is 1. The molecule has 5 nitrogen and oxygen atoms in total. The first kappa shape index (κ1) is 13.8. The van der Waals surface area contributed by atoms with Crippen molar-refractivity contribution in [1.82, 2.24) is 14.8 Å². The van der Waals surface area contributed by atoms with Crippen LogP contribution in [0.4, 0.5) is 18.9 Å². The molecule has 1 rings (SSSR count). The predicted molar refractivity (Wildman–Crippen MR) is 56.9 cm³/mol. The highest BCUT2D eigenvalue weighted by Crippen LogP contribution is 2.18. The van der Waals surface area contributed by atoms with E-state index in [-0.39, 0.29) is 15.4 Å². The van der Waals surface area contributed by atoms with Gasteiger partial charge in [0.05, 0.1) is 11.9 Å². The van der Waals surface area contributed by atoms with Gasteiger partial charge in [-0.3, -0.25) is 4.79 Å². The average molecular weight is 271 g/mol. The van der Waals surface area contributed by atoms with Gasteiger partial charge >= 0.3 is 6.18 Å². The quantitative estimate of drug-likeness (QED) is 0.843. The van der Waals surface area contributed by atoms with E-state index in [1.807, 2.05) is 0 Å². The van der Waals surface area contributed by atoms with E-state index in [2.05, 4.69) is 10.5 Å². The maximum atomic E-state index is 12.1. The fourth-order valence-corrected chi connectivity index (χ4v) is 1.25. The van der Waals surface area contributed by atoms with Gasteiger partial charge in [0.1, 0.15) is 11.6 Å². The Morgan fingerprint density at radius 3 is 2.59 bits per heavy atom. The first-order chi connectivity index (χ1) is 7.70. The molecule has 0 radical (unpaired) electrons. The van der Waals surface area contributed by atoms with Gasteiger partial charge in [0.15, 0.2) is 0 Å². The lowest BCUT2D eigenvalue weighted by molar-refractivity contribution is -0.143. The fraction of sp³-hybridized carbons (Fsp3) is 0.500. The van der Waals surface area contributed by atoms with Crippen LogP contribution in [0.3, 0.4) is 0 Å². The Bertz CT molecular complexity index is 457. The smallest absolute Gasteiger partial charge is 0.316 e. The average Bonchev–Trinajstić information content (AvgIpc) is 2.15. The number of hydrogen-bond acceptors (Lipinski definition) is 4. The first-order valence-corrected chi connectivity index (χ1v) is 4.85. The molecule has 0 saturated carbocycles. The number of nitrogens with zero attached hydrogens (tertiary/aromatic N) is 3. The molecule has 0 unspecified atom stereocenters. The van der Waals surface area contributed by atoms with Crippen molar-refractivity contribution in [3.63, 3.8) is 0 Å². The summed E-state index contributed by atoms with van der Waals surface area (Å²) in [4.78, 5) is 11.5. The van der Waals surface area contributed by atoms with E-state index in [4.69, 9.17) is 11.6 Å². The molecule has 96 valence electrons. The summed E-state index contributed by atoms with van der Waals surface area (Å²) in [5.41, 5.74) is 1.81. The minimum Gasteiger partial charge on any atom is -0.316 e. The third-order valence-corrected chi connectivity index (χ3v) is 2.02. The zero-order chi connectivity index (χ0) is 13.2. The number of anilines is 1. The zero-order valence-electron chi connectivity index (χ0n) is 9.05. The molecule has 0 aliphatic rings. The van der Waals surface area contributed by atoms with Crippen molar-refractivity contribution in [2.75, 3.05) is 19.5 Å². The third-order valence-electron chi connectivity index (χ3n) is 1.66. The van der Waals surface area contributed by atoms with Crippen LogP contribution in [-0.4, -0.2) is 35.1 Å². The van der Waals surface area contributed by atoms with Gasteiger partial charge in [-0.1, -0.05) is 11.6 Å². The summed E-state index contributed by atoms with van der Waals surface area (Å²) in [6.07, 6.45) is -3.45. The molecule has 0 spiro atoms. The van der Waals surface area contributed by atoms with E-state index in [1.54, 1.807) is 14.1 Å². The number of nitrogens with one attached hydrogen (secondary N) is 1. The second kappa shape index (κ2) is 4.92. The highest BCUT2D eigenvalue weighted by atomic mass is 35.5. The van der Waals surface area contributed by atoms with Crippen LogP contribution in [0.5, 0.6) is 0 Å². The van der Waals surface area contributed by atoms with Crippen LogP contribution in [-0.2, 0) is 6.54 Å². The van der Waals surface area contributed by atoms with Gasteiger partial charge in [0, 0.05) is 14.1 Å². The molecule has 1 N–H and O–H groups in total. The van der Waals surface area contributed by atoms with Crippen LogP contribution in [0, 0.1) is 0 Å². The monoisotopic (exact) mass is 270 g/mol. The van der Waals surface area contributed by atoms with Crippen LogP contribution >= 0.6 is 11.6 Å². The number of aromatic nitrogens is 2. The molecule has 0 saturated heterocycles. The largest absolute Gasteiger partial charge is 0.408 e. The molecular formula is C8H10ClF3N4O. The normalized spacial score (nSPS) is 11.9. The molecule has 0 aliphatic carbocycles. The van der Waals surface area contributed by atoms with E-state index >= 15 is 0 Å². The second-order valence-corrected chi connectivity index (χ2v) is 3.83. The number of halogens is 4. The van der Waals surface area contributed by atoms with Crippen molar-refractivity contribution in [2.24, 2.45) is 0 Å². The van der Waals surface area contributed by atoms with Crippen LogP contribution in [0.1, 0.15) is 0 Å². The van der Waals surface area contributed by atoms with E-state index in [0.717, 1.165) is 6.20 Å². The highest BCUT2D eigenvalue weighted by Gasteiger charge is 2.29. The molecule has 0 atom stereocenters. The standard InChI is InChI=1S/C8H10ClF3N4O/c1-15(2)14-5-3-13-16(4-8(10,11)12)7(17)6(5)9/h3,14H,4H2,1-2H3. The lowest BCUT2D eigenvalue weighted by Gasteiger charge is -2.15. The van der Waals surface area contributed by atoms with Crippen molar-refractivity contribution in [3.8, 4) is 0 Å². The summed E-state index contributed by atoms with van der Waals surface area (Å²) in [5, 5.41) is 4.54. The molecule has 0 bridgehead atoms. The van der Waals surface area contributed by atoms with Crippen LogP contribution in [0.15, 0.2) is 11.0 Å².